The molecule has 0 unspecified atom stereocenters. The summed E-state index contributed by atoms with van der Waals surface area (Å²) in [6.45, 7) is 0. The Morgan fingerprint density at radius 3 is 2.26 bits per heavy atom. The monoisotopic (exact) mass is 505 g/mol. The van der Waals surface area contributed by atoms with E-state index in [1.54, 1.807) is 0 Å². The van der Waals surface area contributed by atoms with Gasteiger partial charge in [0.1, 0.15) is 5.82 Å². The molecule has 0 atom stereocenters. The number of allylic oxidation sites excluding steroid dienone is 3. The van der Waals surface area contributed by atoms with Crippen molar-refractivity contribution in [3.05, 3.63) is 139 Å². The van der Waals surface area contributed by atoms with Crippen LogP contribution in [0.4, 0.5) is 5.82 Å². The maximum Gasteiger partial charge on any atom is 0.162 e. The summed E-state index contributed by atoms with van der Waals surface area (Å²) in [4.78, 5) is 9.87. The van der Waals surface area contributed by atoms with Gasteiger partial charge in [0.05, 0.1) is 22.4 Å². The normalized spacial score (nSPS) is 13.2. The van der Waals surface area contributed by atoms with E-state index >= 15 is 0 Å². The van der Waals surface area contributed by atoms with E-state index in [0.717, 1.165) is 52.4 Å². The van der Waals surface area contributed by atoms with E-state index in [0.29, 0.717) is 5.82 Å². The molecule has 0 amide bonds. The van der Waals surface area contributed by atoms with Crippen molar-refractivity contribution < 1.29 is 0 Å². The maximum absolute atomic E-state index is 4.95. The Bertz CT molecular complexity index is 1770. The molecule has 188 valence electrons. The van der Waals surface area contributed by atoms with Gasteiger partial charge in [0.15, 0.2) is 5.82 Å². The van der Waals surface area contributed by atoms with E-state index in [9.17, 15) is 0 Å². The van der Waals surface area contributed by atoms with Crippen molar-refractivity contribution in [2.75, 3.05) is 5.32 Å². The van der Waals surface area contributed by atoms with Crippen LogP contribution in [0.15, 0.2) is 133 Å². The fourth-order valence-corrected chi connectivity index (χ4v) is 5.19. The second-order valence-corrected chi connectivity index (χ2v) is 9.63. The summed E-state index contributed by atoms with van der Waals surface area (Å²) in [6, 6.07) is 39.4. The highest BCUT2D eigenvalue weighted by Gasteiger charge is 2.18. The van der Waals surface area contributed by atoms with Crippen molar-refractivity contribution in [1.82, 2.24) is 19.7 Å². The third-order valence-electron chi connectivity index (χ3n) is 7.11. The molecule has 2 aromatic heterocycles. The van der Waals surface area contributed by atoms with E-state index in [-0.39, 0.29) is 0 Å². The largest absolute Gasteiger partial charge is 0.340 e. The molecule has 2 N–H and O–H groups in total. The third kappa shape index (κ3) is 4.44. The van der Waals surface area contributed by atoms with Crippen molar-refractivity contribution >= 4 is 22.4 Å². The predicted octanol–water partition coefficient (Wildman–Crippen LogP) is 8.26. The Hall–Kier alpha value is -5.16. The van der Waals surface area contributed by atoms with Crippen LogP contribution in [0.25, 0.3) is 44.9 Å². The lowest BCUT2D eigenvalue weighted by Crippen LogP contribution is -2.12. The van der Waals surface area contributed by atoms with Crippen molar-refractivity contribution in [2.45, 2.75) is 12.8 Å². The molecule has 39 heavy (non-hydrogen) atoms. The van der Waals surface area contributed by atoms with Crippen LogP contribution in [0.5, 0.6) is 0 Å². The van der Waals surface area contributed by atoms with Gasteiger partial charge in [-0.3, -0.25) is 9.78 Å². The van der Waals surface area contributed by atoms with E-state index in [4.69, 9.17) is 9.97 Å². The van der Waals surface area contributed by atoms with Crippen molar-refractivity contribution in [3.63, 3.8) is 0 Å². The van der Waals surface area contributed by atoms with Crippen LogP contribution < -0.4 is 5.32 Å². The molecule has 0 aliphatic heterocycles. The smallest absolute Gasteiger partial charge is 0.162 e. The molecule has 0 fully saturated rings. The van der Waals surface area contributed by atoms with Crippen LogP contribution in [0.3, 0.4) is 0 Å². The molecule has 0 radical (unpaired) electrons. The molecule has 5 nitrogen and oxygen atoms in total. The van der Waals surface area contributed by atoms with Crippen molar-refractivity contribution in [1.29, 1.82) is 0 Å². The summed E-state index contributed by atoms with van der Waals surface area (Å²) in [5.74, 6) is 1.47. The van der Waals surface area contributed by atoms with Gasteiger partial charge in [-0.25, -0.2) is 9.97 Å². The molecule has 1 aliphatic rings. The zero-order chi connectivity index (χ0) is 26.0. The summed E-state index contributed by atoms with van der Waals surface area (Å²) in [5, 5.41) is 7.16. The van der Waals surface area contributed by atoms with Gasteiger partial charge < -0.3 is 5.32 Å². The van der Waals surface area contributed by atoms with E-state index in [2.05, 4.69) is 87.9 Å². The summed E-state index contributed by atoms with van der Waals surface area (Å²) in [5.41, 5.74) is 9.91. The topological polar surface area (TPSA) is 58.5 Å². The molecule has 1 aliphatic carbocycles. The molecule has 0 saturated heterocycles. The number of nitrogens with one attached hydrogen (secondary N) is 2. The SMILES string of the molecule is C1=CC(Nc2cc(-c3ccccc3)nc(-c3ccccc3)n2)=C(c2ccccc2-n2[nH]c3ccccc32)CC1. The van der Waals surface area contributed by atoms with Crippen molar-refractivity contribution in [3.8, 4) is 28.3 Å². The molecule has 2 heterocycles. The molecular weight excluding hydrogens is 478 g/mol. The number of para-hydroxylation sites is 3. The Morgan fingerprint density at radius 2 is 1.44 bits per heavy atom. The zero-order valence-corrected chi connectivity index (χ0v) is 21.4. The summed E-state index contributed by atoms with van der Waals surface area (Å²) < 4.78 is 2.17. The van der Waals surface area contributed by atoms with E-state index in [1.165, 1.54) is 16.7 Å². The maximum atomic E-state index is 4.95. The fraction of sp³-hybridized carbons (Fsp3) is 0.0588. The summed E-state index contributed by atoms with van der Waals surface area (Å²) in [7, 11) is 0. The quantitative estimate of drug-likeness (QED) is 0.240. The average molecular weight is 506 g/mol. The average Bonchev–Trinajstić information content (AvgIpc) is 2.99. The number of anilines is 1. The number of fused-ring (bicyclic) bond motifs is 1. The van der Waals surface area contributed by atoms with Gasteiger partial charge in [-0.05, 0) is 42.7 Å². The third-order valence-corrected chi connectivity index (χ3v) is 7.11. The summed E-state index contributed by atoms with van der Waals surface area (Å²) in [6.07, 6.45) is 6.34. The molecule has 7 rings (SSSR count). The Kier molecular flexibility index (Phi) is 5.87. The highest BCUT2D eigenvalue weighted by Crippen LogP contribution is 2.35. The first-order chi connectivity index (χ1) is 19.3. The van der Waals surface area contributed by atoms with Crippen molar-refractivity contribution in [2.24, 2.45) is 0 Å². The molecular formula is C34H27N5. The number of hydrogen-bond donors (Lipinski definition) is 2. The van der Waals surface area contributed by atoms with Crippen LogP contribution in [0.2, 0.25) is 0 Å². The lowest BCUT2D eigenvalue weighted by molar-refractivity contribution is 0.864. The molecule has 0 bridgehead atoms. The molecule has 0 saturated carbocycles. The number of benzene rings is 4. The van der Waals surface area contributed by atoms with Gasteiger partial charge in [0, 0.05) is 28.5 Å². The zero-order valence-electron chi connectivity index (χ0n) is 21.4. The van der Waals surface area contributed by atoms with Gasteiger partial charge in [0.2, 0.25) is 0 Å². The minimum absolute atomic E-state index is 0.697. The number of nitrogens with zero attached hydrogens (tertiary/aromatic N) is 3. The number of aromatic nitrogens is 4. The Labute approximate surface area is 227 Å². The second-order valence-electron chi connectivity index (χ2n) is 9.63. The number of aromatic amines is 1. The Balaban J connectivity index is 1.33. The molecule has 5 heteroatoms. The van der Waals surface area contributed by atoms with E-state index in [1.807, 2.05) is 54.6 Å². The lowest BCUT2D eigenvalue weighted by Gasteiger charge is -2.23. The van der Waals surface area contributed by atoms with Crippen LogP contribution in [0, 0.1) is 0 Å². The second kappa shape index (κ2) is 9.95. The molecule has 4 aromatic carbocycles. The minimum atomic E-state index is 0.697. The van der Waals surface area contributed by atoms with Gasteiger partial charge in [-0.15, -0.1) is 0 Å². The minimum Gasteiger partial charge on any atom is -0.340 e. The van der Waals surface area contributed by atoms with E-state index < -0.39 is 0 Å². The highest BCUT2D eigenvalue weighted by molar-refractivity contribution is 5.84. The van der Waals surface area contributed by atoms with Crippen LogP contribution >= 0.6 is 0 Å². The van der Waals surface area contributed by atoms with Gasteiger partial charge in [0.25, 0.3) is 0 Å². The van der Waals surface area contributed by atoms with Gasteiger partial charge in [-0.2, -0.15) is 0 Å². The Morgan fingerprint density at radius 1 is 0.718 bits per heavy atom. The predicted molar refractivity (Wildman–Crippen MR) is 159 cm³/mol. The number of hydrogen-bond acceptors (Lipinski definition) is 3. The lowest BCUT2D eigenvalue weighted by atomic mass is 9.93. The number of rotatable bonds is 6. The van der Waals surface area contributed by atoms with Crippen LogP contribution in [-0.2, 0) is 0 Å². The highest BCUT2D eigenvalue weighted by atomic mass is 15.3. The first kappa shape index (κ1) is 23.0. The first-order valence-electron chi connectivity index (χ1n) is 13.3. The summed E-state index contributed by atoms with van der Waals surface area (Å²) >= 11 is 0. The standard InChI is InChI=1S/C34H27N5/c1-3-13-24(14-4-1)30-23-33(37-34(36-30)25-15-5-2-6-16-25)35-28-19-9-7-17-26(28)27-18-8-11-21-31(27)39-32-22-12-10-20-29(32)38-39/h1-6,8-16,18-23,38H,7,17H2,(H,35,36,37). The van der Waals surface area contributed by atoms with Gasteiger partial charge >= 0.3 is 0 Å². The van der Waals surface area contributed by atoms with Gasteiger partial charge in [-0.1, -0.05) is 97.1 Å². The van der Waals surface area contributed by atoms with Crippen LogP contribution in [-0.4, -0.2) is 19.7 Å². The number of H-pyrrole nitrogens is 1. The van der Waals surface area contributed by atoms with Crippen LogP contribution in [0.1, 0.15) is 18.4 Å². The molecule has 6 aromatic rings. The molecule has 0 spiro atoms. The fourth-order valence-electron chi connectivity index (χ4n) is 5.19. The first-order valence-corrected chi connectivity index (χ1v) is 13.3.